The van der Waals surface area contributed by atoms with Gasteiger partial charge in [0.1, 0.15) is 0 Å². The molecular formula is C10H14BrN3O3S. The van der Waals surface area contributed by atoms with Gasteiger partial charge in [0.25, 0.3) is 0 Å². The third kappa shape index (κ3) is 3.77. The zero-order valence-electron chi connectivity index (χ0n) is 9.68. The minimum atomic E-state index is -3.72. The number of nitrogens with two attached hydrogens (primary N) is 2. The molecule has 1 aromatic carbocycles. The van der Waals surface area contributed by atoms with Gasteiger partial charge in [-0.05, 0) is 25.1 Å². The van der Waals surface area contributed by atoms with Gasteiger partial charge in [0.05, 0.1) is 4.90 Å². The number of hydrogen-bond acceptors (Lipinski definition) is 4. The molecule has 0 saturated carbocycles. The fraction of sp³-hybridized carbons (Fsp3) is 0.300. The molecule has 0 fully saturated rings. The van der Waals surface area contributed by atoms with Crippen LogP contribution in [-0.2, 0) is 10.0 Å². The molecule has 1 amide bonds. The van der Waals surface area contributed by atoms with Crippen LogP contribution in [-0.4, -0.2) is 26.9 Å². The van der Waals surface area contributed by atoms with Crippen molar-refractivity contribution in [3.63, 3.8) is 0 Å². The summed E-state index contributed by atoms with van der Waals surface area (Å²) in [5.41, 5.74) is 10.6. The maximum Gasteiger partial charge on any atom is 0.248 e. The van der Waals surface area contributed by atoms with Crippen molar-refractivity contribution >= 4 is 31.9 Å². The maximum atomic E-state index is 12.0. The lowest BCUT2D eigenvalue weighted by Crippen LogP contribution is -2.37. The van der Waals surface area contributed by atoms with Crippen molar-refractivity contribution in [1.29, 1.82) is 0 Å². The van der Waals surface area contributed by atoms with Crippen LogP contribution >= 0.6 is 15.9 Å². The number of hydrogen-bond donors (Lipinski definition) is 3. The molecule has 0 radical (unpaired) electrons. The lowest BCUT2D eigenvalue weighted by Gasteiger charge is -2.12. The van der Waals surface area contributed by atoms with Crippen LogP contribution in [0.2, 0.25) is 0 Å². The second-order valence-corrected chi connectivity index (χ2v) is 6.43. The molecule has 0 unspecified atom stereocenters. The molecule has 1 aromatic rings. The summed E-state index contributed by atoms with van der Waals surface area (Å²) in [6.07, 6.45) is 0. The Balaban J connectivity index is 3.20. The molecule has 0 saturated heterocycles. The highest BCUT2D eigenvalue weighted by atomic mass is 79.9. The van der Waals surface area contributed by atoms with Crippen LogP contribution in [0.3, 0.4) is 0 Å². The second kappa shape index (κ2) is 5.79. The van der Waals surface area contributed by atoms with E-state index in [0.29, 0.717) is 4.47 Å². The van der Waals surface area contributed by atoms with Crippen molar-refractivity contribution in [2.75, 3.05) is 6.54 Å². The molecular weight excluding hydrogens is 322 g/mol. The van der Waals surface area contributed by atoms with Gasteiger partial charge in [0.15, 0.2) is 0 Å². The van der Waals surface area contributed by atoms with Gasteiger partial charge in [-0.3, -0.25) is 4.79 Å². The van der Waals surface area contributed by atoms with Crippen LogP contribution in [0.4, 0.5) is 0 Å². The molecule has 1 atom stereocenters. The fourth-order valence-corrected chi connectivity index (χ4v) is 3.21. The molecule has 0 aromatic heterocycles. The molecule has 1 rings (SSSR count). The van der Waals surface area contributed by atoms with Gasteiger partial charge in [-0.25, -0.2) is 13.1 Å². The Morgan fingerprint density at radius 2 is 2.06 bits per heavy atom. The molecule has 0 aliphatic heterocycles. The molecule has 0 aliphatic carbocycles. The van der Waals surface area contributed by atoms with Crippen LogP contribution in [0.15, 0.2) is 27.6 Å². The highest BCUT2D eigenvalue weighted by Crippen LogP contribution is 2.19. The first-order chi connectivity index (χ1) is 8.26. The molecule has 18 heavy (non-hydrogen) atoms. The molecule has 0 aliphatic rings. The third-order valence-electron chi connectivity index (χ3n) is 2.18. The normalized spacial score (nSPS) is 13.3. The number of primary amides is 1. The summed E-state index contributed by atoms with van der Waals surface area (Å²) in [7, 11) is -3.72. The quantitative estimate of drug-likeness (QED) is 0.711. The van der Waals surface area contributed by atoms with Crippen LogP contribution in [0, 0.1) is 0 Å². The van der Waals surface area contributed by atoms with E-state index in [1.807, 2.05) is 0 Å². The topological polar surface area (TPSA) is 115 Å². The summed E-state index contributed by atoms with van der Waals surface area (Å²) in [4.78, 5) is 11.0. The summed E-state index contributed by atoms with van der Waals surface area (Å²) >= 11 is 3.13. The highest BCUT2D eigenvalue weighted by Gasteiger charge is 2.18. The van der Waals surface area contributed by atoms with Crippen molar-refractivity contribution in [2.45, 2.75) is 17.9 Å². The van der Waals surface area contributed by atoms with Crippen molar-refractivity contribution in [1.82, 2.24) is 4.72 Å². The van der Waals surface area contributed by atoms with E-state index in [-0.39, 0.29) is 17.0 Å². The largest absolute Gasteiger partial charge is 0.366 e. The summed E-state index contributed by atoms with van der Waals surface area (Å²) in [5, 5.41) is 0. The number of nitrogens with one attached hydrogen (secondary N) is 1. The SMILES string of the molecule is C[C@@H](CN)NS(=O)(=O)c1cc(Br)cc(C(N)=O)c1. The molecule has 0 heterocycles. The molecule has 100 valence electrons. The van der Waals surface area contributed by atoms with E-state index >= 15 is 0 Å². The van der Waals surface area contributed by atoms with Crippen LogP contribution in [0.1, 0.15) is 17.3 Å². The van der Waals surface area contributed by atoms with Gasteiger partial charge in [-0.15, -0.1) is 0 Å². The fourth-order valence-electron chi connectivity index (χ4n) is 1.24. The molecule has 0 bridgehead atoms. The molecule has 5 N–H and O–H groups in total. The van der Waals surface area contributed by atoms with Crippen molar-refractivity contribution in [2.24, 2.45) is 11.5 Å². The third-order valence-corrected chi connectivity index (χ3v) is 4.20. The minimum Gasteiger partial charge on any atom is -0.366 e. The van der Waals surface area contributed by atoms with Gasteiger partial charge >= 0.3 is 0 Å². The van der Waals surface area contributed by atoms with Gasteiger partial charge in [-0.1, -0.05) is 15.9 Å². The van der Waals surface area contributed by atoms with E-state index in [1.165, 1.54) is 18.2 Å². The maximum absolute atomic E-state index is 12.0. The smallest absolute Gasteiger partial charge is 0.248 e. The first kappa shape index (κ1) is 15.1. The van der Waals surface area contributed by atoms with E-state index in [4.69, 9.17) is 11.5 Å². The highest BCUT2D eigenvalue weighted by molar-refractivity contribution is 9.10. The Hall–Kier alpha value is -0.960. The second-order valence-electron chi connectivity index (χ2n) is 3.80. The van der Waals surface area contributed by atoms with Crippen LogP contribution < -0.4 is 16.2 Å². The van der Waals surface area contributed by atoms with E-state index in [9.17, 15) is 13.2 Å². The Morgan fingerprint density at radius 1 is 1.44 bits per heavy atom. The molecule has 8 heteroatoms. The number of benzene rings is 1. The molecule has 0 spiro atoms. The standard InChI is InChI=1S/C10H14BrN3O3S/c1-6(5-12)14-18(16,17)9-3-7(10(13)15)2-8(11)4-9/h2-4,6,14H,5,12H2,1H3,(H2,13,15)/t6-/m0/s1. The number of sulfonamides is 1. The lowest BCUT2D eigenvalue weighted by molar-refractivity contribution is 0.1000. The predicted octanol–water partition coefficient (Wildman–Crippen LogP) is 0.174. The Bertz CT molecular complexity index is 559. The zero-order chi connectivity index (χ0) is 13.9. The average molecular weight is 336 g/mol. The summed E-state index contributed by atoms with van der Waals surface area (Å²) < 4.78 is 26.8. The Morgan fingerprint density at radius 3 is 2.56 bits per heavy atom. The van der Waals surface area contributed by atoms with Gasteiger partial charge in [0, 0.05) is 22.6 Å². The van der Waals surface area contributed by atoms with Crippen LogP contribution in [0.5, 0.6) is 0 Å². The van der Waals surface area contributed by atoms with E-state index in [1.54, 1.807) is 6.92 Å². The Labute approximate surface area is 114 Å². The van der Waals surface area contributed by atoms with Gasteiger partial charge in [-0.2, -0.15) is 0 Å². The molecule has 6 nitrogen and oxygen atoms in total. The van der Waals surface area contributed by atoms with E-state index < -0.39 is 22.0 Å². The minimum absolute atomic E-state index is 0.0361. The number of rotatable bonds is 5. The Kier molecular flexibility index (Phi) is 4.85. The number of carbonyl (C=O) groups is 1. The van der Waals surface area contributed by atoms with E-state index in [0.717, 1.165) is 0 Å². The summed E-state index contributed by atoms with van der Waals surface area (Å²) in [5.74, 6) is -0.695. The van der Waals surface area contributed by atoms with Crippen LogP contribution in [0.25, 0.3) is 0 Å². The summed E-state index contributed by atoms with van der Waals surface area (Å²) in [6.45, 7) is 1.82. The average Bonchev–Trinajstić information content (AvgIpc) is 2.27. The number of amides is 1. The van der Waals surface area contributed by atoms with Crippen molar-refractivity contribution < 1.29 is 13.2 Å². The lowest BCUT2D eigenvalue weighted by atomic mass is 10.2. The summed E-state index contributed by atoms with van der Waals surface area (Å²) in [6, 6.07) is 3.66. The number of halogens is 1. The zero-order valence-corrected chi connectivity index (χ0v) is 12.1. The van der Waals surface area contributed by atoms with Gasteiger partial charge < -0.3 is 11.5 Å². The number of carbonyl (C=O) groups excluding carboxylic acids is 1. The first-order valence-corrected chi connectivity index (χ1v) is 7.36. The van der Waals surface area contributed by atoms with Gasteiger partial charge in [0.2, 0.25) is 15.9 Å². The first-order valence-electron chi connectivity index (χ1n) is 5.09. The van der Waals surface area contributed by atoms with E-state index in [2.05, 4.69) is 20.7 Å². The monoisotopic (exact) mass is 335 g/mol. The van der Waals surface area contributed by atoms with Crippen molar-refractivity contribution in [3.05, 3.63) is 28.2 Å². The van der Waals surface area contributed by atoms with Crippen molar-refractivity contribution in [3.8, 4) is 0 Å². The predicted molar refractivity (Wildman–Crippen MR) is 71.5 cm³/mol.